The maximum atomic E-state index is 5.52. The zero-order valence-electron chi connectivity index (χ0n) is 8.34. The van der Waals surface area contributed by atoms with Crippen molar-refractivity contribution >= 4 is 0 Å². The van der Waals surface area contributed by atoms with Crippen LogP contribution in [0, 0.1) is 0 Å². The minimum absolute atomic E-state index is 0.809. The second-order valence-corrected chi connectivity index (χ2v) is 3.94. The molecule has 0 spiro atoms. The summed E-state index contributed by atoms with van der Waals surface area (Å²) in [5.41, 5.74) is 10.2. The fraction of sp³-hybridized carbons (Fsp3) is 0.636. The zero-order valence-corrected chi connectivity index (χ0v) is 8.34. The Morgan fingerprint density at radius 2 is 2.31 bits per heavy atom. The van der Waals surface area contributed by atoms with E-state index in [0.717, 1.165) is 13.0 Å². The predicted octanol–water partition coefficient (Wildman–Crippen LogP) is 1.41. The van der Waals surface area contributed by atoms with Crippen LogP contribution in [0.2, 0.25) is 0 Å². The van der Waals surface area contributed by atoms with E-state index >= 15 is 0 Å². The van der Waals surface area contributed by atoms with E-state index in [-0.39, 0.29) is 0 Å². The third kappa shape index (κ3) is 1.51. The smallest absolute Gasteiger partial charge is 0.0206 e. The molecule has 13 heavy (non-hydrogen) atoms. The van der Waals surface area contributed by atoms with E-state index in [1.165, 1.54) is 25.7 Å². The molecule has 1 aliphatic carbocycles. The second kappa shape index (κ2) is 3.54. The number of rotatable bonds is 3. The van der Waals surface area contributed by atoms with Crippen molar-refractivity contribution < 1.29 is 0 Å². The highest BCUT2D eigenvalue weighted by Gasteiger charge is 2.18. The number of hydrogen-bond acceptors (Lipinski definition) is 1. The minimum atomic E-state index is 0.809. The Labute approximate surface area is 79.7 Å². The topological polar surface area (TPSA) is 30.9 Å². The summed E-state index contributed by atoms with van der Waals surface area (Å²) in [5.74, 6) is 0. The van der Waals surface area contributed by atoms with Crippen LogP contribution in [0.4, 0.5) is 0 Å². The minimum Gasteiger partial charge on any atom is -0.354 e. The molecule has 0 fully saturated rings. The molecule has 0 bridgehead atoms. The summed E-state index contributed by atoms with van der Waals surface area (Å²) in [6, 6.07) is 0. The molecular weight excluding hydrogens is 160 g/mol. The number of aromatic nitrogens is 1. The lowest BCUT2D eigenvalue weighted by molar-refractivity contribution is 0.786. The van der Waals surface area contributed by atoms with E-state index in [0.29, 0.717) is 0 Å². The molecule has 72 valence electrons. The van der Waals surface area contributed by atoms with Crippen LogP contribution in [-0.2, 0) is 26.3 Å². The first kappa shape index (κ1) is 8.82. The van der Waals surface area contributed by atoms with Crippen molar-refractivity contribution in [3.63, 3.8) is 0 Å². The second-order valence-electron chi connectivity index (χ2n) is 3.94. The van der Waals surface area contributed by atoms with Gasteiger partial charge in [-0.15, -0.1) is 0 Å². The molecule has 0 amide bonds. The number of fused-ring (bicyclic) bond motifs is 1. The molecule has 1 heterocycles. The van der Waals surface area contributed by atoms with E-state index in [1.807, 2.05) is 0 Å². The first-order valence-corrected chi connectivity index (χ1v) is 5.19. The number of aryl methyl sites for hydroxylation is 2. The Morgan fingerprint density at radius 3 is 3.08 bits per heavy atom. The maximum Gasteiger partial charge on any atom is 0.0206 e. The normalized spacial score (nSPS) is 14.9. The number of nitrogens with two attached hydrogens (primary N) is 1. The Bertz CT molecular complexity index is 299. The summed E-state index contributed by atoms with van der Waals surface area (Å²) in [4.78, 5) is 0. The highest BCUT2D eigenvalue weighted by molar-refractivity contribution is 5.35. The molecule has 2 nitrogen and oxygen atoms in total. The van der Waals surface area contributed by atoms with E-state index in [2.05, 4.69) is 17.8 Å². The summed E-state index contributed by atoms with van der Waals surface area (Å²) in [6.45, 7) is 0.809. The van der Waals surface area contributed by atoms with E-state index in [9.17, 15) is 0 Å². The molecule has 2 rings (SSSR count). The third-order valence-corrected chi connectivity index (χ3v) is 3.00. The molecule has 0 atom stereocenters. The van der Waals surface area contributed by atoms with Crippen LogP contribution in [0.25, 0.3) is 0 Å². The van der Waals surface area contributed by atoms with Gasteiger partial charge in [0.15, 0.2) is 0 Å². The van der Waals surface area contributed by atoms with Crippen LogP contribution in [0.3, 0.4) is 0 Å². The summed E-state index contributed by atoms with van der Waals surface area (Å²) in [7, 11) is 2.16. The van der Waals surface area contributed by atoms with Crippen molar-refractivity contribution in [1.29, 1.82) is 0 Å². The van der Waals surface area contributed by atoms with Crippen molar-refractivity contribution in [3.05, 3.63) is 23.0 Å². The molecule has 1 aliphatic rings. The van der Waals surface area contributed by atoms with Gasteiger partial charge < -0.3 is 10.3 Å². The van der Waals surface area contributed by atoms with Crippen LogP contribution in [0.15, 0.2) is 6.20 Å². The molecule has 2 N–H and O–H groups in total. The fourth-order valence-electron chi connectivity index (χ4n) is 2.36. The summed E-state index contributed by atoms with van der Waals surface area (Å²) in [5, 5.41) is 0. The lowest BCUT2D eigenvalue weighted by Gasteiger charge is -1.98. The van der Waals surface area contributed by atoms with Gasteiger partial charge in [0.2, 0.25) is 0 Å². The van der Waals surface area contributed by atoms with E-state index in [1.54, 1.807) is 16.8 Å². The molecule has 1 aromatic rings. The van der Waals surface area contributed by atoms with Crippen molar-refractivity contribution in [2.45, 2.75) is 32.1 Å². The molecule has 0 unspecified atom stereocenters. The molecule has 0 saturated heterocycles. The Hall–Kier alpha value is -0.760. The molecule has 0 aromatic carbocycles. The molecule has 1 aromatic heterocycles. The molecular formula is C11H18N2. The van der Waals surface area contributed by atoms with Gasteiger partial charge in [-0.2, -0.15) is 0 Å². The van der Waals surface area contributed by atoms with Crippen LogP contribution in [-0.4, -0.2) is 11.1 Å². The number of hydrogen-bond donors (Lipinski definition) is 1. The van der Waals surface area contributed by atoms with Crippen molar-refractivity contribution in [2.75, 3.05) is 6.54 Å². The van der Waals surface area contributed by atoms with E-state index in [4.69, 9.17) is 5.73 Å². The van der Waals surface area contributed by atoms with Crippen LogP contribution < -0.4 is 5.73 Å². The molecule has 2 heteroatoms. The van der Waals surface area contributed by atoms with Gasteiger partial charge in [0.05, 0.1) is 0 Å². The van der Waals surface area contributed by atoms with Gasteiger partial charge in [-0.1, -0.05) is 0 Å². The highest BCUT2D eigenvalue weighted by Crippen LogP contribution is 2.27. The van der Waals surface area contributed by atoms with Gasteiger partial charge in [0.25, 0.3) is 0 Å². The largest absolute Gasteiger partial charge is 0.354 e. The fourth-order valence-corrected chi connectivity index (χ4v) is 2.36. The Balaban J connectivity index is 2.21. The van der Waals surface area contributed by atoms with E-state index < -0.39 is 0 Å². The van der Waals surface area contributed by atoms with Crippen molar-refractivity contribution in [3.8, 4) is 0 Å². The van der Waals surface area contributed by atoms with Gasteiger partial charge in [0, 0.05) is 18.9 Å². The lowest BCUT2D eigenvalue weighted by Crippen LogP contribution is -2.00. The van der Waals surface area contributed by atoms with Crippen LogP contribution >= 0.6 is 0 Å². The van der Waals surface area contributed by atoms with Gasteiger partial charge in [0.1, 0.15) is 0 Å². The predicted molar refractivity (Wildman–Crippen MR) is 54.8 cm³/mol. The zero-order chi connectivity index (χ0) is 9.26. The van der Waals surface area contributed by atoms with Crippen molar-refractivity contribution in [2.24, 2.45) is 12.8 Å². The van der Waals surface area contributed by atoms with Gasteiger partial charge >= 0.3 is 0 Å². The average molecular weight is 178 g/mol. The van der Waals surface area contributed by atoms with Gasteiger partial charge in [-0.25, -0.2) is 0 Å². The quantitative estimate of drug-likeness (QED) is 0.745. The SMILES string of the molecule is Cn1cc(CCCN)c2c1CCC2. The Morgan fingerprint density at radius 1 is 1.46 bits per heavy atom. The first-order valence-electron chi connectivity index (χ1n) is 5.19. The Kier molecular flexibility index (Phi) is 2.40. The summed E-state index contributed by atoms with van der Waals surface area (Å²) in [6.07, 6.45) is 8.48. The monoisotopic (exact) mass is 178 g/mol. The van der Waals surface area contributed by atoms with Crippen LogP contribution in [0.1, 0.15) is 29.7 Å². The molecule has 0 saturated carbocycles. The molecule has 0 radical (unpaired) electrons. The van der Waals surface area contributed by atoms with Crippen molar-refractivity contribution in [1.82, 2.24) is 4.57 Å². The average Bonchev–Trinajstić information content (AvgIpc) is 2.67. The third-order valence-electron chi connectivity index (χ3n) is 3.00. The summed E-state index contributed by atoms with van der Waals surface area (Å²) >= 11 is 0. The highest BCUT2D eigenvalue weighted by atomic mass is 14.9. The van der Waals surface area contributed by atoms with Gasteiger partial charge in [-0.05, 0) is 49.8 Å². The van der Waals surface area contributed by atoms with Gasteiger partial charge in [-0.3, -0.25) is 0 Å². The standard InChI is InChI=1S/C11H18N2/c1-13-8-9(4-3-7-12)10-5-2-6-11(10)13/h8H,2-7,12H2,1H3. The maximum absolute atomic E-state index is 5.52. The number of nitrogens with zero attached hydrogens (tertiary/aromatic N) is 1. The summed E-state index contributed by atoms with van der Waals surface area (Å²) < 4.78 is 2.30. The molecule has 0 aliphatic heterocycles. The first-order chi connectivity index (χ1) is 6.33. The lowest BCUT2D eigenvalue weighted by atomic mass is 10.1. The van der Waals surface area contributed by atoms with Crippen LogP contribution in [0.5, 0.6) is 0 Å².